The van der Waals surface area contributed by atoms with Crippen molar-refractivity contribution < 1.29 is 13.2 Å². The summed E-state index contributed by atoms with van der Waals surface area (Å²) in [6.07, 6.45) is -2.43. The SMILES string of the molecule is NCCCn1ccc(C(F)(F)F)n1. The number of aromatic nitrogens is 2. The van der Waals surface area contributed by atoms with Crippen molar-refractivity contribution in [3.63, 3.8) is 0 Å². The van der Waals surface area contributed by atoms with Gasteiger partial charge in [-0.1, -0.05) is 0 Å². The van der Waals surface area contributed by atoms with Crippen LogP contribution in [0.2, 0.25) is 0 Å². The lowest BCUT2D eigenvalue weighted by atomic mass is 10.4. The van der Waals surface area contributed by atoms with Crippen LogP contribution in [0.4, 0.5) is 13.2 Å². The summed E-state index contributed by atoms with van der Waals surface area (Å²) in [4.78, 5) is 0. The van der Waals surface area contributed by atoms with Crippen molar-refractivity contribution in [1.29, 1.82) is 0 Å². The Morgan fingerprint density at radius 1 is 1.46 bits per heavy atom. The van der Waals surface area contributed by atoms with Crippen molar-refractivity contribution in [1.82, 2.24) is 9.78 Å². The van der Waals surface area contributed by atoms with E-state index in [1.165, 1.54) is 10.9 Å². The van der Waals surface area contributed by atoms with Gasteiger partial charge in [0, 0.05) is 12.7 Å². The van der Waals surface area contributed by atoms with E-state index >= 15 is 0 Å². The number of hydrogen-bond donors (Lipinski definition) is 1. The first-order valence-corrected chi connectivity index (χ1v) is 3.85. The van der Waals surface area contributed by atoms with Gasteiger partial charge in [-0.15, -0.1) is 0 Å². The van der Waals surface area contributed by atoms with Gasteiger partial charge in [-0.2, -0.15) is 18.3 Å². The Morgan fingerprint density at radius 2 is 2.15 bits per heavy atom. The fourth-order valence-electron chi connectivity index (χ4n) is 0.891. The maximum Gasteiger partial charge on any atom is 0.435 e. The first kappa shape index (κ1) is 10.0. The molecule has 1 rings (SSSR count). The number of nitrogens with zero attached hydrogens (tertiary/aromatic N) is 2. The third-order valence-electron chi connectivity index (χ3n) is 1.52. The predicted molar refractivity (Wildman–Crippen MR) is 40.9 cm³/mol. The Kier molecular flexibility index (Phi) is 2.92. The first-order valence-electron chi connectivity index (χ1n) is 3.85. The van der Waals surface area contributed by atoms with Crippen LogP contribution in [-0.2, 0) is 12.7 Å². The van der Waals surface area contributed by atoms with E-state index in [-0.39, 0.29) is 0 Å². The van der Waals surface area contributed by atoms with Crippen LogP contribution in [0.15, 0.2) is 12.3 Å². The zero-order chi connectivity index (χ0) is 9.90. The molecule has 0 amide bonds. The molecule has 0 saturated heterocycles. The van der Waals surface area contributed by atoms with Gasteiger partial charge in [-0.25, -0.2) is 0 Å². The van der Waals surface area contributed by atoms with Gasteiger partial charge in [0.15, 0.2) is 5.69 Å². The van der Waals surface area contributed by atoms with Gasteiger partial charge in [0.05, 0.1) is 0 Å². The minimum absolute atomic E-state index is 0.423. The van der Waals surface area contributed by atoms with Crippen LogP contribution in [0.3, 0.4) is 0 Å². The Morgan fingerprint density at radius 3 is 2.62 bits per heavy atom. The number of alkyl halides is 3. The molecule has 0 unspecified atom stereocenters. The highest BCUT2D eigenvalue weighted by Crippen LogP contribution is 2.27. The van der Waals surface area contributed by atoms with Crippen molar-refractivity contribution in [2.75, 3.05) is 6.54 Å². The summed E-state index contributed by atoms with van der Waals surface area (Å²) in [5, 5.41) is 3.36. The smallest absolute Gasteiger partial charge is 0.330 e. The summed E-state index contributed by atoms with van der Waals surface area (Å²) in [5.41, 5.74) is 4.35. The molecular formula is C7H10F3N3. The van der Waals surface area contributed by atoms with Gasteiger partial charge in [-0.3, -0.25) is 4.68 Å². The molecule has 0 radical (unpaired) electrons. The van der Waals surface area contributed by atoms with Crippen LogP contribution in [0, 0.1) is 0 Å². The number of hydrogen-bond acceptors (Lipinski definition) is 2. The highest BCUT2D eigenvalue weighted by Gasteiger charge is 2.33. The third-order valence-corrected chi connectivity index (χ3v) is 1.52. The zero-order valence-electron chi connectivity index (χ0n) is 6.88. The first-order chi connectivity index (χ1) is 6.04. The minimum atomic E-state index is -4.35. The molecule has 3 nitrogen and oxygen atoms in total. The molecule has 0 aliphatic carbocycles. The van der Waals surface area contributed by atoms with E-state index in [1.54, 1.807) is 0 Å². The van der Waals surface area contributed by atoms with Crippen molar-refractivity contribution in [2.45, 2.75) is 19.1 Å². The molecule has 0 aliphatic heterocycles. The van der Waals surface area contributed by atoms with Gasteiger partial charge >= 0.3 is 6.18 Å². The second kappa shape index (κ2) is 3.78. The Labute approximate surface area is 73.3 Å². The van der Waals surface area contributed by atoms with E-state index in [1.807, 2.05) is 0 Å². The van der Waals surface area contributed by atoms with Crippen LogP contribution in [0.25, 0.3) is 0 Å². The Hall–Kier alpha value is -1.04. The summed E-state index contributed by atoms with van der Waals surface area (Å²) < 4.78 is 37.3. The molecule has 13 heavy (non-hydrogen) atoms. The Balaban J connectivity index is 2.64. The van der Waals surface area contributed by atoms with E-state index in [0.717, 1.165) is 6.07 Å². The van der Waals surface area contributed by atoms with Gasteiger partial charge in [0.25, 0.3) is 0 Å². The van der Waals surface area contributed by atoms with E-state index in [4.69, 9.17) is 5.73 Å². The maximum atomic E-state index is 12.0. The van der Waals surface area contributed by atoms with Crippen LogP contribution in [0.1, 0.15) is 12.1 Å². The van der Waals surface area contributed by atoms with E-state index in [9.17, 15) is 13.2 Å². The van der Waals surface area contributed by atoms with E-state index < -0.39 is 11.9 Å². The predicted octanol–water partition coefficient (Wildman–Crippen LogP) is 1.25. The minimum Gasteiger partial charge on any atom is -0.330 e. The van der Waals surface area contributed by atoms with Gasteiger partial charge in [-0.05, 0) is 19.0 Å². The maximum absolute atomic E-state index is 12.0. The van der Waals surface area contributed by atoms with Gasteiger partial charge in [0.1, 0.15) is 0 Å². The van der Waals surface area contributed by atoms with Crippen molar-refractivity contribution in [3.05, 3.63) is 18.0 Å². The third kappa shape index (κ3) is 2.73. The molecule has 0 bridgehead atoms. The molecule has 0 fully saturated rings. The fourth-order valence-corrected chi connectivity index (χ4v) is 0.891. The monoisotopic (exact) mass is 193 g/mol. The molecule has 0 saturated carbocycles. The molecule has 0 atom stereocenters. The molecule has 2 N–H and O–H groups in total. The van der Waals surface area contributed by atoms with E-state index in [0.29, 0.717) is 19.5 Å². The summed E-state index contributed by atoms with van der Waals surface area (Å²) in [6.45, 7) is 0.869. The molecule has 0 aliphatic rings. The highest BCUT2D eigenvalue weighted by atomic mass is 19.4. The van der Waals surface area contributed by atoms with Gasteiger partial charge < -0.3 is 5.73 Å². The van der Waals surface area contributed by atoms with E-state index in [2.05, 4.69) is 5.10 Å². The summed E-state index contributed by atoms with van der Waals surface area (Å²) in [6, 6.07) is 0.955. The zero-order valence-corrected chi connectivity index (χ0v) is 6.88. The lowest BCUT2D eigenvalue weighted by molar-refractivity contribution is -0.141. The molecule has 1 aromatic heterocycles. The second-order valence-corrected chi connectivity index (χ2v) is 2.60. The molecule has 0 aromatic carbocycles. The highest BCUT2D eigenvalue weighted by molar-refractivity contribution is 5.02. The lowest BCUT2D eigenvalue weighted by Gasteiger charge is -2.01. The molecular weight excluding hydrogens is 183 g/mol. The average Bonchev–Trinajstić information content (AvgIpc) is 2.47. The average molecular weight is 193 g/mol. The van der Waals surface area contributed by atoms with Crippen LogP contribution < -0.4 is 5.73 Å². The second-order valence-electron chi connectivity index (χ2n) is 2.60. The largest absolute Gasteiger partial charge is 0.435 e. The van der Waals surface area contributed by atoms with Gasteiger partial charge in [0.2, 0.25) is 0 Å². The van der Waals surface area contributed by atoms with Crippen LogP contribution in [-0.4, -0.2) is 16.3 Å². The summed E-state index contributed by atoms with van der Waals surface area (Å²) in [5.74, 6) is 0. The quantitative estimate of drug-likeness (QED) is 0.785. The molecule has 6 heteroatoms. The normalized spacial score (nSPS) is 12.0. The number of nitrogens with two attached hydrogens (primary N) is 1. The molecule has 1 heterocycles. The number of aryl methyl sites for hydroxylation is 1. The van der Waals surface area contributed by atoms with Crippen molar-refractivity contribution in [2.24, 2.45) is 5.73 Å². The number of rotatable bonds is 3. The topological polar surface area (TPSA) is 43.8 Å². The van der Waals surface area contributed by atoms with Crippen molar-refractivity contribution >= 4 is 0 Å². The molecule has 1 aromatic rings. The van der Waals surface area contributed by atoms with Crippen molar-refractivity contribution in [3.8, 4) is 0 Å². The number of halogens is 3. The molecule has 74 valence electrons. The summed E-state index contributed by atoms with van der Waals surface area (Å²) >= 11 is 0. The molecule has 0 spiro atoms. The standard InChI is InChI=1S/C7H10F3N3/c8-7(9,10)6-2-5-13(12-6)4-1-3-11/h2,5H,1,3-4,11H2. The summed E-state index contributed by atoms with van der Waals surface area (Å²) in [7, 11) is 0. The Bertz CT molecular complexity index is 266. The van der Waals surface area contributed by atoms with Crippen LogP contribution >= 0.6 is 0 Å². The van der Waals surface area contributed by atoms with Crippen LogP contribution in [0.5, 0.6) is 0 Å². The lowest BCUT2D eigenvalue weighted by Crippen LogP contribution is -2.09. The fraction of sp³-hybridized carbons (Fsp3) is 0.571.